The normalized spacial score (nSPS) is 13.9. The summed E-state index contributed by atoms with van der Waals surface area (Å²) >= 11 is 12.1. The molecule has 1 aliphatic heterocycles. The molecule has 0 radical (unpaired) electrons. The lowest BCUT2D eigenvalue weighted by Gasteiger charge is -2.35. The second kappa shape index (κ2) is 9.32. The average Bonchev–Trinajstić information content (AvgIpc) is 2.81. The standard InChI is InChI=1S/C22H20Cl2N4O2/c23-17-7-4-8-19(22(17)24)30-15-21(29)28-13-11-27(12-14-28)20-10-9-18(25-26-20)16-5-2-1-3-6-16/h1-10H,11-15H2. The number of halogens is 2. The van der Waals surface area contributed by atoms with Crippen molar-refractivity contribution in [2.45, 2.75) is 0 Å². The predicted molar refractivity (Wildman–Crippen MR) is 118 cm³/mol. The van der Waals surface area contributed by atoms with Crippen LogP contribution in [0, 0.1) is 0 Å². The summed E-state index contributed by atoms with van der Waals surface area (Å²) in [6, 6.07) is 19.0. The maximum absolute atomic E-state index is 12.5. The van der Waals surface area contributed by atoms with E-state index in [1.165, 1.54) is 0 Å². The number of carbonyl (C=O) groups is 1. The Kier molecular flexibility index (Phi) is 6.35. The molecule has 30 heavy (non-hydrogen) atoms. The van der Waals surface area contributed by atoms with E-state index in [9.17, 15) is 4.79 Å². The summed E-state index contributed by atoms with van der Waals surface area (Å²) in [4.78, 5) is 16.4. The highest BCUT2D eigenvalue weighted by atomic mass is 35.5. The van der Waals surface area contributed by atoms with Crippen LogP contribution >= 0.6 is 23.2 Å². The Hall–Kier alpha value is -2.83. The molecule has 3 aromatic rings. The van der Waals surface area contributed by atoms with Crippen LogP contribution in [-0.4, -0.2) is 53.8 Å². The highest BCUT2D eigenvalue weighted by Gasteiger charge is 2.23. The second-order valence-electron chi connectivity index (χ2n) is 6.85. The van der Waals surface area contributed by atoms with Gasteiger partial charge in [0.1, 0.15) is 10.8 Å². The van der Waals surface area contributed by atoms with Crippen LogP contribution < -0.4 is 9.64 Å². The zero-order valence-electron chi connectivity index (χ0n) is 16.2. The van der Waals surface area contributed by atoms with Gasteiger partial charge in [0.25, 0.3) is 5.91 Å². The van der Waals surface area contributed by atoms with Crippen molar-refractivity contribution < 1.29 is 9.53 Å². The monoisotopic (exact) mass is 442 g/mol. The van der Waals surface area contributed by atoms with Crippen molar-refractivity contribution in [1.29, 1.82) is 0 Å². The Morgan fingerprint density at radius 1 is 0.900 bits per heavy atom. The van der Waals surface area contributed by atoms with E-state index in [1.54, 1.807) is 23.1 Å². The van der Waals surface area contributed by atoms with Crippen LogP contribution in [0.4, 0.5) is 5.82 Å². The molecule has 0 bridgehead atoms. The molecular weight excluding hydrogens is 423 g/mol. The average molecular weight is 443 g/mol. The molecule has 6 nitrogen and oxygen atoms in total. The van der Waals surface area contributed by atoms with Crippen LogP contribution in [0.3, 0.4) is 0 Å². The lowest BCUT2D eigenvalue weighted by molar-refractivity contribution is -0.133. The number of nitrogens with zero attached hydrogens (tertiary/aromatic N) is 4. The van der Waals surface area contributed by atoms with E-state index in [0.717, 1.165) is 17.1 Å². The molecule has 0 spiro atoms. The van der Waals surface area contributed by atoms with Gasteiger partial charge in [-0.05, 0) is 24.3 Å². The lowest BCUT2D eigenvalue weighted by Crippen LogP contribution is -2.50. The van der Waals surface area contributed by atoms with E-state index in [1.807, 2.05) is 42.5 Å². The number of ether oxygens (including phenoxy) is 1. The van der Waals surface area contributed by atoms with E-state index in [2.05, 4.69) is 15.1 Å². The zero-order chi connectivity index (χ0) is 20.9. The summed E-state index contributed by atoms with van der Waals surface area (Å²) < 4.78 is 5.56. The first kappa shape index (κ1) is 20.4. The van der Waals surface area contributed by atoms with Crippen LogP contribution in [0.25, 0.3) is 11.3 Å². The fourth-order valence-electron chi connectivity index (χ4n) is 3.27. The molecule has 0 saturated carbocycles. The first-order valence-corrected chi connectivity index (χ1v) is 10.4. The molecule has 2 aromatic carbocycles. The van der Waals surface area contributed by atoms with Crippen LogP contribution in [-0.2, 0) is 4.79 Å². The molecule has 1 aliphatic rings. The van der Waals surface area contributed by atoms with Crippen molar-refractivity contribution in [2.24, 2.45) is 0 Å². The first-order valence-electron chi connectivity index (χ1n) is 9.60. The summed E-state index contributed by atoms with van der Waals surface area (Å²) in [7, 11) is 0. The van der Waals surface area contributed by atoms with Crippen molar-refractivity contribution in [1.82, 2.24) is 15.1 Å². The molecule has 4 rings (SSSR count). The summed E-state index contributed by atoms with van der Waals surface area (Å²) in [6.07, 6.45) is 0. The second-order valence-corrected chi connectivity index (χ2v) is 7.64. The van der Waals surface area contributed by atoms with Gasteiger partial charge in [-0.25, -0.2) is 0 Å². The molecule has 2 heterocycles. The number of amides is 1. The molecule has 1 amide bonds. The third kappa shape index (κ3) is 4.66. The molecule has 0 atom stereocenters. The van der Waals surface area contributed by atoms with Gasteiger partial charge in [0.05, 0.1) is 10.7 Å². The van der Waals surface area contributed by atoms with Crippen molar-refractivity contribution in [3.63, 3.8) is 0 Å². The molecule has 0 aliphatic carbocycles. The fourth-order valence-corrected chi connectivity index (χ4v) is 3.61. The molecule has 0 N–H and O–H groups in total. The van der Waals surface area contributed by atoms with E-state index in [4.69, 9.17) is 27.9 Å². The molecule has 0 unspecified atom stereocenters. The molecule has 154 valence electrons. The first-order chi connectivity index (χ1) is 14.6. The van der Waals surface area contributed by atoms with Gasteiger partial charge >= 0.3 is 0 Å². The Morgan fingerprint density at radius 3 is 2.37 bits per heavy atom. The zero-order valence-corrected chi connectivity index (χ0v) is 17.7. The van der Waals surface area contributed by atoms with Crippen LogP contribution in [0.5, 0.6) is 5.75 Å². The number of anilines is 1. The summed E-state index contributed by atoms with van der Waals surface area (Å²) in [5.74, 6) is 1.13. The number of aromatic nitrogens is 2. The highest BCUT2D eigenvalue weighted by molar-refractivity contribution is 6.42. The number of hydrogen-bond acceptors (Lipinski definition) is 5. The van der Waals surface area contributed by atoms with Crippen molar-refractivity contribution in [3.8, 4) is 17.0 Å². The van der Waals surface area contributed by atoms with Crippen LogP contribution in [0.1, 0.15) is 0 Å². The van der Waals surface area contributed by atoms with E-state index >= 15 is 0 Å². The van der Waals surface area contributed by atoms with Gasteiger partial charge in [0, 0.05) is 31.7 Å². The van der Waals surface area contributed by atoms with Gasteiger partial charge < -0.3 is 14.5 Å². The number of piperazine rings is 1. The molecule has 1 saturated heterocycles. The third-order valence-electron chi connectivity index (χ3n) is 4.94. The van der Waals surface area contributed by atoms with Crippen LogP contribution in [0.2, 0.25) is 10.0 Å². The topological polar surface area (TPSA) is 58.6 Å². The Labute approximate surface area is 185 Å². The van der Waals surface area contributed by atoms with Gasteiger partial charge in [-0.3, -0.25) is 4.79 Å². The largest absolute Gasteiger partial charge is 0.482 e. The summed E-state index contributed by atoms with van der Waals surface area (Å²) in [6.45, 7) is 2.47. The molecular formula is C22H20Cl2N4O2. The number of carbonyl (C=O) groups excluding carboxylic acids is 1. The van der Waals surface area contributed by atoms with Crippen molar-refractivity contribution in [2.75, 3.05) is 37.7 Å². The van der Waals surface area contributed by atoms with E-state index in [0.29, 0.717) is 42.0 Å². The minimum absolute atomic E-state index is 0.0777. The smallest absolute Gasteiger partial charge is 0.260 e. The lowest BCUT2D eigenvalue weighted by atomic mass is 10.1. The Balaban J connectivity index is 1.30. The van der Waals surface area contributed by atoms with Crippen molar-refractivity contribution in [3.05, 3.63) is 70.7 Å². The summed E-state index contributed by atoms with van der Waals surface area (Å²) in [5.41, 5.74) is 1.87. The van der Waals surface area contributed by atoms with E-state index < -0.39 is 0 Å². The molecule has 1 fully saturated rings. The van der Waals surface area contributed by atoms with Crippen molar-refractivity contribution >= 4 is 34.9 Å². The van der Waals surface area contributed by atoms with E-state index in [-0.39, 0.29) is 12.5 Å². The Bertz CT molecular complexity index is 1010. The predicted octanol–water partition coefficient (Wildman–Crippen LogP) is 4.18. The molecule has 8 heteroatoms. The number of benzene rings is 2. The summed E-state index contributed by atoms with van der Waals surface area (Å²) in [5, 5.41) is 9.42. The van der Waals surface area contributed by atoms with Gasteiger partial charge in [-0.2, -0.15) is 0 Å². The highest BCUT2D eigenvalue weighted by Crippen LogP contribution is 2.31. The van der Waals surface area contributed by atoms with Gasteiger partial charge in [0.2, 0.25) is 0 Å². The molecule has 1 aromatic heterocycles. The van der Waals surface area contributed by atoms with Crippen LogP contribution in [0.15, 0.2) is 60.7 Å². The maximum atomic E-state index is 12.5. The third-order valence-corrected chi connectivity index (χ3v) is 5.75. The minimum Gasteiger partial charge on any atom is -0.482 e. The Morgan fingerprint density at radius 2 is 1.67 bits per heavy atom. The number of rotatable bonds is 5. The quantitative estimate of drug-likeness (QED) is 0.592. The van der Waals surface area contributed by atoms with Gasteiger partial charge in [0.15, 0.2) is 12.4 Å². The van der Waals surface area contributed by atoms with Gasteiger partial charge in [-0.15, -0.1) is 10.2 Å². The SMILES string of the molecule is O=C(COc1cccc(Cl)c1Cl)N1CCN(c2ccc(-c3ccccc3)nn2)CC1. The van der Waals surface area contributed by atoms with Gasteiger partial charge in [-0.1, -0.05) is 59.6 Å². The number of hydrogen-bond donors (Lipinski definition) is 0. The fraction of sp³-hybridized carbons (Fsp3) is 0.227. The maximum Gasteiger partial charge on any atom is 0.260 e. The minimum atomic E-state index is -0.0869.